The molecule has 0 atom stereocenters. The van der Waals surface area contributed by atoms with Gasteiger partial charge in [-0.05, 0) is 26.0 Å². The second-order valence-corrected chi connectivity index (χ2v) is 4.97. The summed E-state index contributed by atoms with van der Waals surface area (Å²) >= 11 is 0. The molecule has 2 aromatic heterocycles. The van der Waals surface area contributed by atoms with Gasteiger partial charge in [0.05, 0.1) is 0 Å². The lowest BCUT2D eigenvalue weighted by Gasteiger charge is -2.34. The molecule has 1 fully saturated rings. The van der Waals surface area contributed by atoms with E-state index in [-0.39, 0.29) is 0 Å². The molecule has 1 aliphatic rings. The highest BCUT2D eigenvalue weighted by Gasteiger charge is 2.20. The molecule has 0 radical (unpaired) electrons. The van der Waals surface area contributed by atoms with Gasteiger partial charge in [-0.2, -0.15) is 0 Å². The Labute approximate surface area is 118 Å². The molecule has 0 aliphatic carbocycles. The van der Waals surface area contributed by atoms with E-state index in [1.54, 1.807) is 12.4 Å². The van der Waals surface area contributed by atoms with Crippen molar-refractivity contribution in [2.75, 3.05) is 36.0 Å². The predicted octanol–water partition coefficient (Wildman–Crippen LogP) is 1.21. The van der Waals surface area contributed by atoms with Crippen LogP contribution in [0.5, 0.6) is 0 Å². The van der Waals surface area contributed by atoms with Crippen LogP contribution in [0.25, 0.3) is 0 Å². The van der Waals surface area contributed by atoms with Gasteiger partial charge in [0.15, 0.2) is 0 Å². The Hall–Kier alpha value is -2.24. The summed E-state index contributed by atoms with van der Waals surface area (Å²) in [5.74, 6) is 1.63. The van der Waals surface area contributed by atoms with Gasteiger partial charge in [0.25, 0.3) is 0 Å². The molecule has 0 spiro atoms. The molecule has 0 saturated carbocycles. The quantitative estimate of drug-likeness (QED) is 0.817. The van der Waals surface area contributed by atoms with Crippen LogP contribution in [-0.4, -0.2) is 46.1 Å². The van der Waals surface area contributed by atoms with Gasteiger partial charge in [0.1, 0.15) is 0 Å². The average molecular weight is 270 g/mol. The van der Waals surface area contributed by atoms with Crippen molar-refractivity contribution in [3.63, 3.8) is 0 Å². The van der Waals surface area contributed by atoms with Gasteiger partial charge in [0.2, 0.25) is 11.9 Å². The Bertz CT molecular complexity index is 557. The van der Waals surface area contributed by atoms with Crippen LogP contribution in [0.4, 0.5) is 11.9 Å². The van der Waals surface area contributed by atoms with Crippen molar-refractivity contribution in [2.24, 2.45) is 0 Å². The molecular formula is C14H18N6. The summed E-state index contributed by atoms with van der Waals surface area (Å²) in [4.78, 5) is 22.0. The van der Waals surface area contributed by atoms with Crippen LogP contribution in [0.3, 0.4) is 0 Å². The van der Waals surface area contributed by atoms with Crippen LogP contribution >= 0.6 is 0 Å². The lowest BCUT2D eigenvalue weighted by atomic mass is 10.3. The number of rotatable bonds is 2. The van der Waals surface area contributed by atoms with E-state index in [2.05, 4.69) is 29.7 Å². The predicted molar refractivity (Wildman–Crippen MR) is 78.0 cm³/mol. The zero-order valence-corrected chi connectivity index (χ0v) is 11.8. The van der Waals surface area contributed by atoms with Crippen molar-refractivity contribution >= 4 is 11.9 Å². The van der Waals surface area contributed by atoms with Crippen LogP contribution in [0, 0.1) is 13.8 Å². The number of anilines is 2. The summed E-state index contributed by atoms with van der Waals surface area (Å²) in [6.45, 7) is 7.57. The van der Waals surface area contributed by atoms with Crippen LogP contribution < -0.4 is 9.80 Å². The van der Waals surface area contributed by atoms with Gasteiger partial charge in [-0.15, -0.1) is 0 Å². The highest BCUT2D eigenvalue weighted by atomic mass is 15.3. The number of nitrogens with zero attached hydrogens (tertiary/aromatic N) is 6. The maximum Gasteiger partial charge on any atom is 0.225 e. The van der Waals surface area contributed by atoms with E-state index < -0.39 is 0 Å². The molecule has 3 rings (SSSR count). The Morgan fingerprint density at radius 2 is 1.30 bits per heavy atom. The first kappa shape index (κ1) is 12.8. The summed E-state index contributed by atoms with van der Waals surface area (Å²) in [5.41, 5.74) is 2.03. The Kier molecular flexibility index (Phi) is 3.45. The van der Waals surface area contributed by atoms with Gasteiger partial charge >= 0.3 is 0 Å². The van der Waals surface area contributed by atoms with Crippen LogP contribution in [0.1, 0.15) is 11.4 Å². The lowest BCUT2D eigenvalue weighted by Crippen LogP contribution is -2.47. The lowest BCUT2D eigenvalue weighted by molar-refractivity contribution is 0.626. The van der Waals surface area contributed by atoms with E-state index >= 15 is 0 Å². The van der Waals surface area contributed by atoms with Crippen molar-refractivity contribution in [1.82, 2.24) is 19.9 Å². The third-order valence-corrected chi connectivity index (χ3v) is 3.37. The fourth-order valence-corrected chi connectivity index (χ4v) is 2.41. The molecule has 1 aliphatic heterocycles. The average Bonchev–Trinajstić information content (AvgIpc) is 2.47. The van der Waals surface area contributed by atoms with Crippen molar-refractivity contribution in [2.45, 2.75) is 13.8 Å². The van der Waals surface area contributed by atoms with Crippen LogP contribution in [0.2, 0.25) is 0 Å². The van der Waals surface area contributed by atoms with E-state index in [0.717, 1.165) is 49.5 Å². The van der Waals surface area contributed by atoms with Gasteiger partial charge in [0, 0.05) is 50.0 Å². The third-order valence-electron chi connectivity index (χ3n) is 3.37. The Morgan fingerprint density at radius 3 is 1.85 bits per heavy atom. The monoisotopic (exact) mass is 270 g/mol. The molecule has 6 heteroatoms. The highest BCUT2D eigenvalue weighted by molar-refractivity contribution is 5.38. The van der Waals surface area contributed by atoms with E-state index in [1.807, 2.05) is 26.0 Å². The summed E-state index contributed by atoms with van der Waals surface area (Å²) in [6, 6.07) is 3.83. The van der Waals surface area contributed by atoms with Crippen LogP contribution in [0.15, 0.2) is 24.5 Å². The first-order valence-electron chi connectivity index (χ1n) is 6.81. The topological polar surface area (TPSA) is 58.0 Å². The molecule has 0 aromatic carbocycles. The molecule has 1 saturated heterocycles. The summed E-state index contributed by atoms with van der Waals surface area (Å²) in [5, 5.41) is 0. The SMILES string of the molecule is Cc1cc(C)nc(N2CCN(c3ncccn3)CC2)n1. The maximum absolute atomic E-state index is 4.52. The fourth-order valence-electron chi connectivity index (χ4n) is 2.41. The minimum Gasteiger partial charge on any atom is -0.337 e. The van der Waals surface area contributed by atoms with E-state index in [9.17, 15) is 0 Å². The van der Waals surface area contributed by atoms with Crippen molar-refractivity contribution in [3.05, 3.63) is 35.9 Å². The van der Waals surface area contributed by atoms with Crippen molar-refractivity contribution in [1.29, 1.82) is 0 Å². The zero-order valence-electron chi connectivity index (χ0n) is 11.8. The third kappa shape index (κ3) is 2.68. The van der Waals surface area contributed by atoms with E-state index in [4.69, 9.17) is 0 Å². The molecule has 20 heavy (non-hydrogen) atoms. The summed E-state index contributed by atoms with van der Waals surface area (Å²) < 4.78 is 0. The number of piperazine rings is 1. The molecular weight excluding hydrogens is 252 g/mol. The molecule has 6 nitrogen and oxygen atoms in total. The standard InChI is InChI=1S/C14H18N6/c1-11-10-12(2)18-14(17-11)20-8-6-19(7-9-20)13-15-4-3-5-16-13/h3-5,10H,6-9H2,1-2H3. The highest BCUT2D eigenvalue weighted by Crippen LogP contribution is 2.15. The second kappa shape index (κ2) is 5.40. The van der Waals surface area contributed by atoms with Gasteiger partial charge < -0.3 is 9.80 Å². The smallest absolute Gasteiger partial charge is 0.225 e. The Balaban J connectivity index is 1.69. The summed E-state index contributed by atoms with van der Waals surface area (Å²) in [7, 11) is 0. The second-order valence-electron chi connectivity index (χ2n) is 4.97. The van der Waals surface area contributed by atoms with E-state index in [0.29, 0.717) is 0 Å². The van der Waals surface area contributed by atoms with Gasteiger partial charge in [-0.1, -0.05) is 0 Å². The van der Waals surface area contributed by atoms with Crippen molar-refractivity contribution < 1.29 is 0 Å². The Morgan fingerprint density at radius 1 is 0.800 bits per heavy atom. The van der Waals surface area contributed by atoms with Gasteiger partial charge in [-0.3, -0.25) is 0 Å². The minimum atomic E-state index is 0.800. The largest absolute Gasteiger partial charge is 0.337 e. The number of hydrogen-bond donors (Lipinski definition) is 0. The zero-order chi connectivity index (χ0) is 13.9. The van der Waals surface area contributed by atoms with Crippen molar-refractivity contribution in [3.8, 4) is 0 Å². The molecule has 3 heterocycles. The number of aryl methyl sites for hydroxylation is 2. The maximum atomic E-state index is 4.52. The molecule has 104 valence electrons. The van der Waals surface area contributed by atoms with E-state index in [1.165, 1.54) is 0 Å². The number of hydrogen-bond acceptors (Lipinski definition) is 6. The molecule has 0 N–H and O–H groups in total. The fraction of sp³-hybridized carbons (Fsp3) is 0.429. The molecule has 0 bridgehead atoms. The first-order valence-corrected chi connectivity index (χ1v) is 6.81. The first-order chi connectivity index (χ1) is 9.72. The number of aromatic nitrogens is 4. The summed E-state index contributed by atoms with van der Waals surface area (Å²) in [6.07, 6.45) is 3.56. The normalized spacial score (nSPS) is 15.5. The molecule has 0 amide bonds. The molecule has 0 unspecified atom stereocenters. The minimum absolute atomic E-state index is 0.800. The molecule has 2 aromatic rings. The van der Waals surface area contributed by atoms with Gasteiger partial charge in [-0.25, -0.2) is 19.9 Å². The van der Waals surface area contributed by atoms with Crippen LogP contribution in [-0.2, 0) is 0 Å².